The summed E-state index contributed by atoms with van der Waals surface area (Å²) in [5, 5.41) is 5.93. The van der Waals surface area contributed by atoms with Gasteiger partial charge in [0.25, 0.3) is 11.8 Å². The third kappa shape index (κ3) is 6.59. The van der Waals surface area contributed by atoms with Crippen molar-refractivity contribution in [1.29, 1.82) is 0 Å². The number of anilines is 1. The first kappa shape index (κ1) is 21.3. The average Bonchev–Trinajstić information content (AvgIpc) is 2.74. The van der Waals surface area contributed by atoms with Gasteiger partial charge in [0.05, 0.1) is 6.54 Å². The number of rotatable bonds is 8. The van der Waals surface area contributed by atoms with Gasteiger partial charge in [-0.1, -0.05) is 18.2 Å². The lowest BCUT2D eigenvalue weighted by atomic mass is 10.0. The van der Waals surface area contributed by atoms with E-state index in [2.05, 4.69) is 15.5 Å². The minimum atomic E-state index is -0.555. The Morgan fingerprint density at radius 3 is 2.30 bits per heavy atom. The Kier molecular flexibility index (Phi) is 7.40. The van der Waals surface area contributed by atoms with Gasteiger partial charge in [-0.05, 0) is 49.2 Å². The fraction of sp³-hybridized carbons (Fsp3) is 0.318. The van der Waals surface area contributed by atoms with E-state index in [1.807, 2.05) is 30.3 Å². The Balaban J connectivity index is 1.40. The minimum Gasteiger partial charge on any atom is -0.484 e. The molecule has 0 unspecified atom stereocenters. The zero-order valence-corrected chi connectivity index (χ0v) is 16.7. The van der Waals surface area contributed by atoms with E-state index in [4.69, 9.17) is 10.5 Å². The SMILES string of the molecule is NC(=O)COc1ccc(C(=O)NC2CCN(CC(=O)Nc3ccccc3)CC2)cc1. The zero-order valence-electron chi connectivity index (χ0n) is 16.7. The van der Waals surface area contributed by atoms with Gasteiger partial charge in [0.15, 0.2) is 6.61 Å². The molecule has 1 aliphatic heterocycles. The van der Waals surface area contributed by atoms with Crippen LogP contribution in [0.4, 0.5) is 5.69 Å². The van der Waals surface area contributed by atoms with Crippen LogP contribution in [0.2, 0.25) is 0 Å². The van der Waals surface area contributed by atoms with E-state index in [0.717, 1.165) is 31.6 Å². The van der Waals surface area contributed by atoms with E-state index in [1.54, 1.807) is 24.3 Å². The lowest BCUT2D eigenvalue weighted by Crippen LogP contribution is -2.46. The smallest absolute Gasteiger partial charge is 0.255 e. The number of nitrogens with two attached hydrogens (primary N) is 1. The van der Waals surface area contributed by atoms with Crippen LogP contribution in [0.5, 0.6) is 5.75 Å². The van der Waals surface area contributed by atoms with E-state index in [0.29, 0.717) is 17.9 Å². The number of hydrogen-bond donors (Lipinski definition) is 3. The van der Waals surface area contributed by atoms with Gasteiger partial charge in [-0.2, -0.15) is 0 Å². The summed E-state index contributed by atoms with van der Waals surface area (Å²) in [4.78, 5) is 37.5. The van der Waals surface area contributed by atoms with Crippen LogP contribution >= 0.6 is 0 Å². The molecule has 158 valence electrons. The molecule has 0 radical (unpaired) electrons. The fourth-order valence-corrected chi connectivity index (χ4v) is 3.29. The summed E-state index contributed by atoms with van der Waals surface area (Å²) in [6, 6.07) is 16.0. The second-order valence-electron chi connectivity index (χ2n) is 7.22. The van der Waals surface area contributed by atoms with Crippen LogP contribution in [0, 0.1) is 0 Å². The molecule has 2 aromatic carbocycles. The van der Waals surface area contributed by atoms with Crippen molar-refractivity contribution in [3.05, 3.63) is 60.2 Å². The molecule has 2 aromatic rings. The maximum absolute atomic E-state index is 12.4. The van der Waals surface area contributed by atoms with Gasteiger partial charge in [-0.15, -0.1) is 0 Å². The largest absolute Gasteiger partial charge is 0.484 e. The molecule has 0 atom stereocenters. The van der Waals surface area contributed by atoms with Gasteiger partial charge >= 0.3 is 0 Å². The molecule has 3 rings (SSSR count). The maximum atomic E-state index is 12.4. The summed E-state index contributed by atoms with van der Waals surface area (Å²) in [6.07, 6.45) is 1.56. The molecular weight excluding hydrogens is 384 g/mol. The van der Waals surface area contributed by atoms with E-state index in [1.165, 1.54) is 0 Å². The van der Waals surface area contributed by atoms with Gasteiger partial charge in [0, 0.05) is 30.4 Å². The normalized spacial score (nSPS) is 14.7. The monoisotopic (exact) mass is 410 g/mol. The summed E-state index contributed by atoms with van der Waals surface area (Å²) in [7, 11) is 0. The third-order valence-corrected chi connectivity index (χ3v) is 4.85. The summed E-state index contributed by atoms with van der Waals surface area (Å²) in [6.45, 7) is 1.62. The molecule has 8 nitrogen and oxygen atoms in total. The molecule has 3 amide bonds. The quantitative estimate of drug-likeness (QED) is 0.608. The number of piperidine rings is 1. The van der Waals surface area contributed by atoms with Crippen molar-refractivity contribution in [3.63, 3.8) is 0 Å². The summed E-state index contributed by atoms with van der Waals surface area (Å²) in [5.74, 6) is -0.271. The van der Waals surface area contributed by atoms with Crippen LogP contribution in [0.1, 0.15) is 23.2 Å². The highest BCUT2D eigenvalue weighted by Crippen LogP contribution is 2.15. The molecule has 8 heteroatoms. The molecule has 0 aromatic heterocycles. The van der Waals surface area contributed by atoms with Crippen molar-refractivity contribution in [2.75, 3.05) is 31.6 Å². The molecule has 0 aliphatic carbocycles. The summed E-state index contributed by atoms with van der Waals surface area (Å²) < 4.78 is 5.19. The molecule has 1 fully saturated rings. The molecule has 0 bridgehead atoms. The van der Waals surface area contributed by atoms with Gasteiger partial charge in [-0.25, -0.2) is 0 Å². The lowest BCUT2D eigenvalue weighted by molar-refractivity contribution is -0.120. The van der Waals surface area contributed by atoms with Crippen molar-refractivity contribution in [2.24, 2.45) is 5.73 Å². The number of carbonyl (C=O) groups is 3. The van der Waals surface area contributed by atoms with Crippen LogP contribution in [0.25, 0.3) is 0 Å². The zero-order chi connectivity index (χ0) is 21.3. The Morgan fingerprint density at radius 2 is 1.67 bits per heavy atom. The average molecular weight is 410 g/mol. The lowest BCUT2D eigenvalue weighted by Gasteiger charge is -2.31. The number of carbonyl (C=O) groups excluding carboxylic acids is 3. The highest BCUT2D eigenvalue weighted by molar-refractivity contribution is 5.94. The van der Waals surface area contributed by atoms with Gasteiger partial charge < -0.3 is 21.1 Å². The van der Waals surface area contributed by atoms with E-state index in [-0.39, 0.29) is 24.5 Å². The van der Waals surface area contributed by atoms with Gasteiger partial charge in [0.2, 0.25) is 5.91 Å². The molecule has 1 saturated heterocycles. The number of para-hydroxylation sites is 1. The fourth-order valence-electron chi connectivity index (χ4n) is 3.29. The maximum Gasteiger partial charge on any atom is 0.255 e. The Bertz CT molecular complexity index is 862. The molecule has 1 heterocycles. The van der Waals surface area contributed by atoms with E-state index >= 15 is 0 Å². The second kappa shape index (κ2) is 10.4. The van der Waals surface area contributed by atoms with Crippen LogP contribution in [-0.2, 0) is 9.59 Å². The molecule has 0 spiro atoms. The number of benzene rings is 2. The van der Waals surface area contributed by atoms with Crippen molar-refractivity contribution < 1.29 is 19.1 Å². The van der Waals surface area contributed by atoms with Crippen molar-refractivity contribution >= 4 is 23.4 Å². The second-order valence-corrected chi connectivity index (χ2v) is 7.22. The number of hydrogen-bond acceptors (Lipinski definition) is 5. The number of nitrogens with zero attached hydrogens (tertiary/aromatic N) is 1. The Morgan fingerprint density at radius 1 is 1.00 bits per heavy atom. The van der Waals surface area contributed by atoms with Crippen LogP contribution in [-0.4, -0.2) is 54.9 Å². The number of primary amides is 1. The molecular formula is C22H26N4O4. The predicted molar refractivity (Wildman–Crippen MR) is 113 cm³/mol. The first-order chi connectivity index (χ1) is 14.5. The number of ether oxygens (including phenoxy) is 1. The standard InChI is InChI=1S/C22H26N4O4/c23-20(27)15-30-19-8-6-16(7-9-19)22(29)25-18-10-12-26(13-11-18)14-21(28)24-17-4-2-1-3-5-17/h1-9,18H,10-15H2,(H2,23,27)(H,24,28)(H,25,29). The van der Waals surface area contributed by atoms with Crippen LogP contribution < -0.4 is 21.1 Å². The van der Waals surface area contributed by atoms with Crippen LogP contribution in [0.3, 0.4) is 0 Å². The van der Waals surface area contributed by atoms with Gasteiger partial charge in [-0.3, -0.25) is 19.3 Å². The number of nitrogens with one attached hydrogen (secondary N) is 2. The minimum absolute atomic E-state index is 0.0395. The van der Waals surface area contributed by atoms with Crippen molar-refractivity contribution in [2.45, 2.75) is 18.9 Å². The van der Waals surface area contributed by atoms with E-state index < -0.39 is 5.91 Å². The highest BCUT2D eigenvalue weighted by atomic mass is 16.5. The topological polar surface area (TPSA) is 114 Å². The third-order valence-electron chi connectivity index (χ3n) is 4.85. The summed E-state index contributed by atoms with van der Waals surface area (Å²) >= 11 is 0. The number of amides is 3. The highest BCUT2D eigenvalue weighted by Gasteiger charge is 2.22. The number of likely N-dealkylation sites (tertiary alicyclic amines) is 1. The Hall–Kier alpha value is -3.39. The van der Waals surface area contributed by atoms with Crippen LogP contribution in [0.15, 0.2) is 54.6 Å². The summed E-state index contributed by atoms with van der Waals surface area (Å²) in [5.41, 5.74) is 6.35. The van der Waals surface area contributed by atoms with Crippen molar-refractivity contribution in [3.8, 4) is 5.75 Å². The first-order valence-electron chi connectivity index (χ1n) is 9.89. The molecule has 4 N–H and O–H groups in total. The molecule has 1 aliphatic rings. The Labute approximate surface area is 175 Å². The first-order valence-corrected chi connectivity index (χ1v) is 9.89. The molecule has 30 heavy (non-hydrogen) atoms. The molecule has 0 saturated carbocycles. The van der Waals surface area contributed by atoms with E-state index in [9.17, 15) is 14.4 Å². The van der Waals surface area contributed by atoms with Crippen molar-refractivity contribution in [1.82, 2.24) is 10.2 Å². The van der Waals surface area contributed by atoms with Gasteiger partial charge in [0.1, 0.15) is 5.75 Å². The predicted octanol–water partition coefficient (Wildman–Crippen LogP) is 1.38.